The SMILES string of the molecule is C(#Cc1ccccn1)CCCCn1nnc2ccccc21. The first kappa shape index (κ1) is 13.3. The molecule has 0 saturated carbocycles. The lowest BCUT2D eigenvalue weighted by molar-refractivity contribution is 0.559. The molecule has 0 saturated heterocycles. The Hall–Kier alpha value is -2.67. The van der Waals surface area contributed by atoms with Crippen molar-refractivity contribution < 1.29 is 0 Å². The van der Waals surface area contributed by atoms with E-state index in [2.05, 4.69) is 33.2 Å². The summed E-state index contributed by atoms with van der Waals surface area (Å²) in [5.41, 5.74) is 2.88. The molecule has 0 spiro atoms. The molecular weight excluding hydrogens is 260 g/mol. The molecule has 1 aromatic carbocycles. The Kier molecular flexibility index (Phi) is 4.23. The van der Waals surface area contributed by atoms with Gasteiger partial charge in [0.1, 0.15) is 11.2 Å². The first-order chi connectivity index (χ1) is 10.4. The molecular formula is C17H16N4. The van der Waals surface area contributed by atoms with Crippen molar-refractivity contribution in [1.82, 2.24) is 20.0 Å². The molecule has 4 heteroatoms. The third-order valence-electron chi connectivity index (χ3n) is 3.22. The average Bonchev–Trinajstić information content (AvgIpc) is 2.95. The number of nitrogens with zero attached hydrogens (tertiary/aromatic N) is 4. The molecule has 0 bridgehead atoms. The van der Waals surface area contributed by atoms with Crippen LogP contribution in [-0.2, 0) is 6.54 Å². The lowest BCUT2D eigenvalue weighted by Crippen LogP contribution is -1.99. The Morgan fingerprint density at radius 2 is 1.90 bits per heavy atom. The van der Waals surface area contributed by atoms with E-state index < -0.39 is 0 Å². The number of hydrogen-bond acceptors (Lipinski definition) is 3. The van der Waals surface area contributed by atoms with Gasteiger partial charge in [-0.05, 0) is 43.0 Å². The number of unbranched alkanes of at least 4 members (excludes halogenated alkanes) is 2. The second-order valence-electron chi connectivity index (χ2n) is 4.78. The third kappa shape index (κ3) is 3.46. The molecule has 0 amide bonds. The molecule has 0 radical (unpaired) electrons. The zero-order valence-electron chi connectivity index (χ0n) is 11.7. The van der Waals surface area contributed by atoms with Crippen molar-refractivity contribution in [2.24, 2.45) is 0 Å². The number of para-hydroxylation sites is 1. The van der Waals surface area contributed by atoms with Crippen LogP contribution in [0, 0.1) is 11.8 Å². The van der Waals surface area contributed by atoms with E-state index >= 15 is 0 Å². The number of benzene rings is 1. The van der Waals surface area contributed by atoms with E-state index in [-0.39, 0.29) is 0 Å². The maximum Gasteiger partial charge on any atom is 0.113 e. The van der Waals surface area contributed by atoms with Gasteiger partial charge in [0.25, 0.3) is 0 Å². The van der Waals surface area contributed by atoms with Crippen LogP contribution in [-0.4, -0.2) is 20.0 Å². The molecule has 0 unspecified atom stereocenters. The molecule has 4 nitrogen and oxygen atoms in total. The van der Waals surface area contributed by atoms with Gasteiger partial charge in [-0.2, -0.15) is 0 Å². The standard InChI is InChI=1S/C17H16N4/c1(3-9-15-10-6-7-13-18-15)2-8-14-21-17-12-5-4-11-16(17)19-20-21/h4-7,10-13H,1-2,8,14H2. The highest BCUT2D eigenvalue weighted by atomic mass is 15.4. The van der Waals surface area contributed by atoms with Gasteiger partial charge in [0.15, 0.2) is 0 Å². The summed E-state index contributed by atoms with van der Waals surface area (Å²) in [5, 5.41) is 8.33. The Labute approximate surface area is 123 Å². The maximum absolute atomic E-state index is 4.18. The van der Waals surface area contributed by atoms with Gasteiger partial charge < -0.3 is 0 Å². The number of aromatic nitrogens is 4. The number of hydrogen-bond donors (Lipinski definition) is 0. The Morgan fingerprint density at radius 3 is 2.81 bits per heavy atom. The Bertz CT molecular complexity index is 765. The molecule has 0 aliphatic heterocycles. The van der Waals surface area contributed by atoms with Gasteiger partial charge in [0, 0.05) is 19.2 Å². The van der Waals surface area contributed by atoms with Crippen LogP contribution in [0.4, 0.5) is 0 Å². The highest BCUT2D eigenvalue weighted by Crippen LogP contribution is 2.10. The fraction of sp³-hybridized carbons (Fsp3) is 0.235. The lowest BCUT2D eigenvalue weighted by Gasteiger charge is -2.00. The summed E-state index contributed by atoms with van der Waals surface area (Å²) in [6.07, 6.45) is 4.74. The minimum atomic E-state index is 0.833. The number of fused-ring (bicyclic) bond motifs is 1. The van der Waals surface area contributed by atoms with E-state index in [9.17, 15) is 0 Å². The second kappa shape index (κ2) is 6.67. The highest BCUT2D eigenvalue weighted by Gasteiger charge is 2.01. The minimum absolute atomic E-state index is 0.833. The Balaban J connectivity index is 1.48. The van der Waals surface area contributed by atoms with Gasteiger partial charge in [-0.15, -0.1) is 5.10 Å². The average molecular weight is 276 g/mol. The normalized spacial score (nSPS) is 10.3. The van der Waals surface area contributed by atoms with Crippen LogP contribution in [0.25, 0.3) is 11.0 Å². The molecule has 0 fully saturated rings. The van der Waals surface area contributed by atoms with E-state index in [0.29, 0.717) is 0 Å². The largest absolute Gasteiger partial charge is 0.248 e. The molecule has 3 aromatic rings. The second-order valence-corrected chi connectivity index (χ2v) is 4.78. The Morgan fingerprint density at radius 1 is 1.00 bits per heavy atom. The fourth-order valence-electron chi connectivity index (χ4n) is 2.15. The van der Waals surface area contributed by atoms with Crippen LogP contribution in [0.1, 0.15) is 25.0 Å². The summed E-state index contributed by atoms with van der Waals surface area (Å²) in [7, 11) is 0. The van der Waals surface area contributed by atoms with Crippen molar-refractivity contribution in [2.45, 2.75) is 25.8 Å². The summed E-state index contributed by atoms with van der Waals surface area (Å²) in [6.45, 7) is 0.881. The van der Waals surface area contributed by atoms with Crippen molar-refractivity contribution in [3.63, 3.8) is 0 Å². The van der Waals surface area contributed by atoms with Gasteiger partial charge in [0.2, 0.25) is 0 Å². The van der Waals surface area contributed by atoms with E-state index in [1.807, 2.05) is 41.1 Å². The number of rotatable bonds is 4. The van der Waals surface area contributed by atoms with E-state index in [1.165, 1.54) is 0 Å². The van der Waals surface area contributed by atoms with Gasteiger partial charge >= 0.3 is 0 Å². The van der Waals surface area contributed by atoms with Gasteiger partial charge in [-0.1, -0.05) is 29.3 Å². The molecule has 0 aliphatic carbocycles. The molecule has 21 heavy (non-hydrogen) atoms. The van der Waals surface area contributed by atoms with E-state index in [4.69, 9.17) is 0 Å². The molecule has 0 aliphatic rings. The molecule has 3 rings (SSSR count). The van der Waals surface area contributed by atoms with Crippen LogP contribution in [0.2, 0.25) is 0 Å². The van der Waals surface area contributed by atoms with Gasteiger partial charge in [0.05, 0.1) is 5.52 Å². The minimum Gasteiger partial charge on any atom is -0.248 e. The van der Waals surface area contributed by atoms with E-state index in [0.717, 1.165) is 42.5 Å². The molecule has 2 aromatic heterocycles. The first-order valence-corrected chi connectivity index (χ1v) is 7.11. The topological polar surface area (TPSA) is 43.6 Å². The summed E-state index contributed by atoms with van der Waals surface area (Å²) in [4.78, 5) is 4.18. The van der Waals surface area contributed by atoms with Crippen LogP contribution in [0.3, 0.4) is 0 Å². The first-order valence-electron chi connectivity index (χ1n) is 7.11. The quantitative estimate of drug-likeness (QED) is 0.543. The molecule has 0 atom stereocenters. The molecule has 104 valence electrons. The smallest absolute Gasteiger partial charge is 0.113 e. The van der Waals surface area contributed by atoms with Crippen molar-refractivity contribution in [3.05, 3.63) is 54.4 Å². The summed E-state index contributed by atoms with van der Waals surface area (Å²) in [6, 6.07) is 13.8. The zero-order valence-corrected chi connectivity index (χ0v) is 11.7. The predicted octanol–water partition coefficient (Wildman–Crippen LogP) is 3.05. The van der Waals surface area contributed by atoms with Gasteiger partial charge in [-0.25, -0.2) is 9.67 Å². The summed E-state index contributed by atoms with van der Waals surface area (Å²) in [5.74, 6) is 6.23. The monoisotopic (exact) mass is 276 g/mol. The van der Waals surface area contributed by atoms with Crippen molar-refractivity contribution in [2.75, 3.05) is 0 Å². The predicted molar refractivity (Wildman–Crippen MR) is 82.5 cm³/mol. The zero-order chi connectivity index (χ0) is 14.3. The number of pyridine rings is 1. The van der Waals surface area contributed by atoms with Crippen LogP contribution < -0.4 is 0 Å². The maximum atomic E-state index is 4.18. The number of aryl methyl sites for hydroxylation is 1. The third-order valence-corrected chi connectivity index (χ3v) is 3.22. The van der Waals surface area contributed by atoms with Crippen molar-refractivity contribution in [1.29, 1.82) is 0 Å². The van der Waals surface area contributed by atoms with Gasteiger partial charge in [-0.3, -0.25) is 0 Å². The summed E-state index contributed by atoms with van der Waals surface area (Å²) < 4.78 is 1.96. The van der Waals surface area contributed by atoms with Crippen LogP contribution >= 0.6 is 0 Å². The summed E-state index contributed by atoms with van der Waals surface area (Å²) >= 11 is 0. The van der Waals surface area contributed by atoms with Crippen LogP contribution in [0.5, 0.6) is 0 Å². The molecule has 2 heterocycles. The molecule has 0 N–H and O–H groups in total. The van der Waals surface area contributed by atoms with Crippen molar-refractivity contribution >= 4 is 11.0 Å². The van der Waals surface area contributed by atoms with E-state index in [1.54, 1.807) is 6.20 Å². The van der Waals surface area contributed by atoms with Crippen LogP contribution in [0.15, 0.2) is 48.7 Å². The highest BCUT2D eigenvalue weighted by molar-refractivity contribution is 5.73. The fourth-order valence-corrected chi connectivity index (χ4v) is 2.15. The lowest BCUT2D eigenvalue weighted by atomic mass is 10.2. The van der Waals surface area contributed by atoms with Crippen molar-refractivity contribution in [3.8, 4) is 11.8 Å².